The second kappa shape index (κ2) is 50.0. The average molecular weight is 1100 g/mol. The smallest absolute Gasteiger partial charge is 0.414 e. The first-order chi connectivity index (χ1) is 32.5. The first kappa shape index (κ1) is 90.2. The molecular weight excluding hydrogens is 1030 g/mol. The Hall–Kier alpha value is -5.58. The monoisotopic (exact) mass is 1100 g/mol. The summed E-state index contributed by atoms with van der Waals surface area (Å²) in [6, 6.07) is 0. The molecule has 0 aliphatic carbocycles. The number of carboxylic acid groups (broad SMARTS) is 9. The zero-order chi connectivity index (χ0) is 61.4. The van der Waals surface area contributed by atoms with Crippen molar-refractivity contribution < 1.29 is 157 Å². The molecule has 34 heteroatoms. The van der Waals surface area contributed by atoms with E-state index in [1.54, 1.807) is 0 Å². The molecule has 0 radical (unpaired) electrons. The van der Waals surface area contributed by atoms with Crippen LogP contribution < -0.4 is 15.1 Å². The second-order valence-corrected chi connectivity index (χ2v) is 14.4. The van der Waals surface area contributed by atoms with Crippen LogP contribution in [0.5, 0.6) is 0 Å². The van der Waals surface area contributed by atoms with Crippen molar-refractivity contribution >= 4 is 61.0 Å². The van der Waals surface area contributed by atoms with E-state index in [0.29, 0.717) is 0 Å². The first-order valence-electron chi connectivity index (χ1n) is 21.2. The van der Waals surface area contributed by atoms with E-state index < -0.39 is 118 Å². The number of halogens is 9. The normalized spacial score (nSPS) is 10.4. The van der Waals surface area contributed by atoms with Gasteiger partial charge in [-0.25, -0.2) is 28.8 Å². The fourth-order valence-corrected chi connectivity index (χ4v) is 2.76. The fourth-order valence-electron chi connectivity index (χ4n) is 2.76. The summed E-state index contributed by atoms with van der Waals surface area (Å²) in [5.74, 6) is -15.2. The van der Waals surface area contributed by atoms with Gasteiger partial charge in [-0.05, 0) is 62.3 Å². The van der Waals surface area contributed by atoms with Gasteiger partial charge in [-0.15, -0.1) is 0 Å². The molecule has 0 aliphatic heterocycles. The predicted octanol–water partition coefficient (Wildman–Crippen LogP) is 2.24. The molecule has 0 saturated heterocycles. The van der Waals surface area contributed by atoms with Gasteiger partial charge in [-0.1, -0.05) is 0 Å². The summed E-state index contributed by atoms with van der Waals surface area (Å²) < 4.78 is 104. The first-order valence-corrected chi connectivity index (χ1v) is 21.2. The van der Waals surface area contributed by atoms with Crippen LogP contribution in [-0.2, 0) is 43.2 Å². The number of quaternary nitrogens is 3. The van der Waals surface area contributed by atoms with Gasteiger partial charge in [0.25, 0.3) is 0 Å². The third-order valence-electron chi connectivity index (χ3n) is 9.29. The molecule has 0 fully saturated rings. The number of carbonyl (C=O) groups is 9. The van der Waals surface area contributed by atoms with E-state index in [1.165, 1.54) is 72.4 Å². The molecule has 0 saturated carbocycles. The molecule has 0 amide bonds. The van der Waals surface area contributed by atoms with Gasteiger partial charge in [0.15, 0.2) is 0 Å². The van der Waals surface area contributed by atoms with Gasteiger partial charge in [0.1, 0.15) is 0 Å². The molecule has 73 heavy (non-hydrogen) atoms. The molecule has 0 aromatic rings. The third-order valence-corrected chi connectivity index (χ3v) is 9.29. The van der Waals surface area contributed by atoms with Crippen LogP contribution in [0.3, 0.4) is 0 Å². The van der Waals surface area contributed by atoms with E-state index in [9.17, 15) is 53.9 Å². The van der Waals surface area contributed by atoms with Crippen LogP contribution in [-0.4, -0.2) is 219 Å². The third kappa shape index (κ3) is 104. The maximum atomic E-state index is 11.2. The molecule has 438 valence electrons. The number of carboxylic acids is 9. The van der Waals surface area contributed by atoms with E-state index in [4.69, 9.17) is 89.8 Å². The molecule has 9 N–H and O–H groups in total. The van der Waals surface area contributed by atoms with E-state index in [-0.39, 0.29) is 0 Å². The van der Waals surface area contributed by atoms with Crippen molar-refractivity contribution in [3.8, 4) is 0 Å². The minimum atomic E-state index is -4.35. The Kier molecular flexibility index (Phi) is 61.8. The quantitative estimate of drug-likeness (QED) is 0.0491. The maximum Gasteiger partial charge on any atom is 0.414 e. The Morgan fingerprint density at radius 3 is 0.438 bits per heavy atom. The Morgan fingerprint density at radius 2 is 0.425 bits per heavy atom. The van der Waals surface area contributed by atoms with Gasteiger partial charge in [0, 0.05) is 0 Å². The minimum Gasteiger partial charge on any atom is -0.907 e. The Bertz CT molecular complexity index is 1260. The van der Waals surface area contributed by atoms with Crippen LogP contribution in [0.25, 0.3) is 0 Å². The lowest BCUT2D eigenvalue weighted by molar-refractivity contribution is -0.904. The van der Waals surface area contributed by atoms with Crippen molar-refractivity contribution in [1.82, 2.24) is 0 Å². The van der Waals surface area contributed by atoms with Gasteiger partial charge in [-0.3, -0.25) is 21.7 Å². The van der Waals surface area contributed by atoms with Crippen LogP contribution >= 0.6 is 0 Å². The predicted molar refractivity (Wildman–Crippen MR) is 234 cm³/mol. The largest absolute Gasteiger partial charge is 0.907 e. The summed E-state index contributed by atoms with van der Waals surface area (Å²) >= 11 is 0. The Labute approximate surface area is 417 Å². The van der Waals surface area contributed by atoms with Crippen molar-refractivity contribution in [2.45, 2.75) is 119 Å². The van der Waals surface area contributed by atoms with E-state index in [1.807, 2.05) is 0 Å². The molecule has 0 atom stereocenters. The topological polar surface area (TPSA) is 405 Å². The highest BCUT2D eigenvalue weighted by atomic mass is 19.4. The van der Waals surface area contributed by atoms with Crippen molar-refractivity contribution in [3.05, 3.63) is 0 Å². The zero-order valence-corrected chi connectivity index (χ0v) is 42.9. The molecule has 0 aliphatic rings. The second-order valence-electron chi connectivity index (χ2n) is 14.4. The zero-order valence-electron chi connectivity index (χ0n) is 42.9. The van der Waals surface area contributed by atoms with E-state index in [0.717, 1.165) is 0 Å². The van der Waals surface area contributed by atoms with Crippen molar-refractivity contribution in [2.75, 3.05) is 80.0 Å². The molecule has 0 rings (SSSR count). The molecule has 0 heterocycles. The molecule has 0 bridgehead atoms. The number of nitrogens with zero attached hydrogens (tertiary/aromatic N) is 3. The van der Waals surface area contributed by atoms with Crippen LogP contribution in [0.2, 0.25) is 0 Å². The number of hydrogen-bond donors (Lipinski definition) is 9. The Morgan fingerprint density at radius 1 is 0.329 bits per heavy atom. The standard InChI is InChI=1S/3C7H18N.3C4H5F3O2.3C2H2O4.BO3/c3*1-5-8(4,6-2)7-3;3*5-4(6,7)2-1-3(8)9;3*3-1(4)2(5)6;2-1(3)4/h3*5-7H2,1-4H3;3*1-2H2,(H,8,9);3*(H,3,4)(H,5,6);/q3*+1;;;;;;;-3. The van der Waals surface area contributed by atoms with Gasteiger partial charge in [-0.2, -0.15) is 39.5 Å². The van der Waals surface area contributed by atoms with Crippen molar-refractivity contribution in [1.29, 1.82) is 0 Å². The van der Waals surface area contributed by atoms with Crippen LogP contribution in [0.4, 0.5) is 39.5 Å². The lowest BCUT2D eigenvalue weighted by atomic mass is 10.3. The van der Waals surface area contributed by atoms with Gasteiger partial charge in [0.2, 0.25) is 0 Å². The van der Waals surface area contributed by atoms with Gasteiger partial charge < -0.3 is 74.5 Å². The molecule has 0 unspecified atom stereocenters. The lowest BCUT2D eigenvalue weighted by Gasteiger charge is -2.35. The molecule has 24 nitrogen and oxygen atoms in total. The molecule has 0 aromatic heterocycles. The number of hydrogen-bond acceptors (Lipinski definition) is 12. The maximum absolute atomic E-state index is 11.2. The number of aliphatic carboxylic acids is 9. The highest BCUT2D eigenvalue weighted by Crippen LogP contribution is 2.22. The summed E-state index contributed by atoms with van der Waals surface area (Å²) in [5, 5.41) is 92.9. The summed E-state index contributed by atoms with van der Waals surface area (Å²) in [6.07, 6.45) is -19.3. The minimum absolute atomic E-state index is 0.844. The lowest BCUT2D eigenvalue weighted by Crippen LogP contribution is -2.56. The number of rotatable bonds is 15. The molecular formula is C39H75BF9N3O21. The average Bonchev–Trinajstić information content (AvgIpc) is 3.27. The summed E-state index contributed by atoms with van der Waals surface area (Å²) in [7, 11) is 3.96. The van der Waals surface area contributed by atoms with Crippen molar-refractivity contribution in [3.63, 3.8) is 0 Å². The summed E-state index contributed by atoms with van der Waals surface area (Å²) in [6.45, 7) is 31.5. The van der Waals surface area contributed by atoms with Gasteiger partial charge in [0.05, 0.1) is 119 Å². The summed E-state index contributed by atoms with van der Waals surface area (Å²) in [4.78, 5) is 83.2. The Balaban J connectivity index is -0.0000000760. The molecule has 0 aromatic carbocycles. The summed E-state index contributed by atoms with van der Waals surface area (Å²) in [5.41, 5.74) is 0. The molecule has 0 spiro atoms. The van der Waals surface area contributed by atoms with Crippen LogP contribution in [0, 0.1) is 0 Å². The number of alkyl halides is 9. The highest BCUT2D eigenvalue weighted by molar-refractivity contribution is 6.28. The van der Waals surface area contributed by atoms with Crippen LogP contribution in [0.1, 0.15) is 101 Å². The SMILES string of the molecule is CC[N+](C)(CC)CC.CC[N+](C)(CC)CC.CC[N+](C)(CC)CC.O=C(O)C(=O)O.O=C(O)C(=O)O.O=C(O)C(=O)O.O=C(O)CCC(F)(F)F.O=C(O)CCC(F)(F)F.O=C(O)CCC(F)(F)F.[O-]B([O-])[O-]. The van der Waals surface area contributed by atoms with E-state index >= 15 is 0 Å². The van der Waals surface area contributed by atoms with E-state index in [2.05, 4.69) is 83.5 Å². The van der Waals surface area contributed by atoms with Crippen molar-refractivity contribution in [2.24, 2.45) is 0 Å². The fraction of sp³-hybridized carbons (Fsp3) is 0.769. The van der Waals surface area contributed by atoms with Crippen LogP contribution in [0.15, 0.2) is 0 Å². The highest BCUT2D eigenvalue weighted by Gasteiger charge is 2.29. The van der Waals surface area contributed by atoms with Gasteiger partial charge >= 0.3 is 72.3 Å².